The number of rotatable bonds is 4. The van der Waals surface area contributed by atoms with Crippen LogP contribution in [0.3, 0.4) is 0 Å². The molecule has 0 unspecified atom stereocenters. The average molecular weight is 442 g/mol. The zero-order valence-corrected chi connectivity index (χ0v) is 19.1. The van der Waals surface area contributed by atoms with Crippen LogP contribution in [0.15, 0.2) is 67.0 Å². The molecule has 2 amide bonds. The highest BCUT2D eigenvalue weighted by atomic mass is 16.2. The summed E-state index contributed by atoms with van der Waals surface area (Å²) in [5.74, 6) is 0.187. The summed E-state index contributed by atoms with van der Waals surface area (Å²) in [6.07, 6.45) is 3.60. The van der Waals surface area contributed by atoms with Gasteiger partial charge in [0, 0.05) is 29.3 Å². The third-order valence-electron chi connectivity index (χ3n) is 5.06. The number of anilines is 3. The molecular formula is C25H27N7O. The van der Waals surface area contributed by atoms with Crippen LogP contribution in [0.25, 0.3) is 22.5 Å². The van der Waals surface area contributed by atoms with Gasteiger partial charge in [0.1, 0.15) is 5.69 Å². The standard InChI is InChI=1S/C25H27N7O/c1-16-8-10-18(11-9-16)28-24(33)29-19-7-5-6-17(14-19)20-15-32(25(2,3)4)31-22(20)21-12-13-27-23(26)30-21/h5-15H,1-4H3,(H2,26,27,30)(H2,28,29,33). The quantitative estimate of drug-likeness (QED) is 0.398. The molecule has 33 heavy (non-hydrogen) atoms. The highest BCUT2D eigenvalue weighted by Crippen LogP contribution is 2.33. The van der Waals surface area contributed by atoms with E-state index in [1.807, 2.05) is 66.3 Å². The topological polar surface area (TPSA) is 111 Å². The summed E-state index contributed by atoms with van der Waals surface area (Å²) in [7, 11) is 0. The molecule has 4 rings (SSSR count). The molecule has 0 spiro atoms. The minimum Gasteiger partial charge on any atom is -0.368 e. The second-order valence-corrected chi connectivity index (χ2v) is 8.83. The van der Waals surface area contributed by atoms with E-state index in [0.717, 1.165) is 22.4 Å². The third-order valence-corrected chi connectivity index (χ3v) is 5.06. The molecule has 2 aromatic heterocycles. The lowest BCUT2D eigenvalue weighted by molar-refractivity contribution is 0.262. The number of nitrogens with two attached hydrogens (primary N) is 1. The van der Waals surface area contributed by atoms with Crippen molar-refractivity contribution in [1.29, 1.82) is 0 Å². The van der Waals surface area contributed by atoms with Crippen LogP contribution in [0.4, 0.5) is 22.1 Å². The molecule has 0 aliphatic rings. The van der Waals surface area contributed by atoms with Gasteiger partial charge >= 0.3 is 6.03 Å². The first-order chi connectivity index (χ1) is 15.7. The SMILES string of the molecule is Cc1ccc(NC(=O)Nc2cccc(-c3cn(C(C)(C)C)nc3-c3ccnc(N)n3)c2)cc1. The first-order valence-corrected chi connectivity index (χ1v) is 10.6. The molecule has 0 fully saturated rings. The van der Waals surface area contributed by atoms with E-state index >= 15 is 0 Å². The number of nitrogens with zero attached hydrogens (tertiary/aromatic N) is 4. The van der Waals surface area contributed by atoms with Gasteiger partial charge in [-0.2, -0.15) is 5.10 Å². The van der Waals surface area contributed by atoms with E-state index in [1.165, 1.54) is 0 Å². The predicted molar refractivity (Wildman–Crippen MR) is 132 cm³/mol. The molecule has 2 aromatic carbocycles. The summed E-state index contributed by atoms with van der Waals surface area (Å²) >= 11 is 0. The molecule has 8 heteroatoms. The molecule has 0 bridgehead atoms. The number of amides is 2. The van der Waals surface area contributed by atoms with Gasteiger partial charge in [-0.05, 0) is 63.6 Å². The fourth-order valence-electron chi connectivity index (χ4n) is 3.32. The minimum atomic E-state index is -0.315. The molecule has 2 heterocycles. The molecule has 0 atom stereocenters. The molecule has 4 aromatic rings. The second kappa shape index (κ2) is 8.74. The molecule has 168 valence electrons. The molecule has 4 N–H and O–H groups in total. The second-order valence-electron chi connectivity index (χ2n) is 8.83. The van der Waals surface area contributed by atoms with E-state index in [-0.39, 0.29) is 17.5 Å². The van der Waals surface area contributed by atoms with Crippen LogP contribution in [0.1, 0.15) is 26.3 Å². The van der Waals surface area contributed by atoms with Crippen molar-refractivity contribution in [1.82, 2.24) is 19.7 Å². The van der Waals surface area contributed by atoms with Crippen molar-refractivity contribution in [3.8, 4) is 22.5 Å². The fraction of sp³-hybridized carbons (Fsp3) is 0.200. The maximum Gasteiger partial charge on any atom is 0.323 e. The lowest BCUT2D eigenvalue weighted by Crippen LogP contribution is -2.22. The Morgan fingerprint density at radius 3 is 2.42 bits per heavy atom. The Morgan fingerprint density at radius 2 is 1.73 bits per heavy atom. The normalized spacial score (nSPS) is 11.3. The van der Waals surface area contributed by atoms with Crippen LogP contribution in [-0.2, 0) is 5.54 Å². The van der Waals surface area contributed by atoms with E-state index in [4.69, 9.17) is 10.8 Å². The summed E-state index contributed by atoms with van der Waals surface area (Å²) in [6, 6.07) is 16.7. The summed E-state index contributed by atoms with van der Waals surface area (Å²) in [5, 5.41) is 10.5. The number of hydrogen-bond donors (Lipinski definition) is 3. The van der Waals surface area contributed by atoms with Crippen LogP contribution >= 0.6 is 0 Å². The molecule has 0 radical (unpaired) electrons. The van der Waals surface area contributed by atoms with Crippen LogP contribution in [0, 0.1) is 6.92 Å². The Balaban J connectivity index is 1.65. The molecular weight excluding hydrogens is 414 g/mol. The number of nitrogens with one attached hydrogen (secondary N) is 2. The van der Waals surface area contributed by atoms with Crippen molar-refractivity contribution >= 4 is 23.4 Å². The summed E-state index contributed by atoms with van der Waals surface area (Å²) < 4.78 is 1.90. The summed E-state index contributed by atoms with van der Waals surface area (Å²) in [4.78, 5) is 20.9. The van der Waals surface area contributed by atoms with Crippen molar-refractivity contribution in [2.45, 2.75) is 33.2 Å². The van der Waals surface area contributed by atoms with Gasteiger partial charge in [-0.1, -0.05) is 29.8 Å². The Labute approximate surface area is 192 Å². The maximum atomic E-state index is 12.5. The van der Waals surface area contributed by atoms with Gasteiger partial charge in [0.05, 0.1) is 11.2 Å². The number of benzene rings is 2. The van der Waals surface area contributed by atoms with E-state index < -0.39 is 0 Å². The Kier molecular flexibility index (Phi) is 5.83. The van der Waals surface area contributed by atoms with E-state index in [9.17, 15) is 4.79 Å². The van der Waals surface area contributed by atoms with Crippen LogP contribution in [-0.4, -0.2) is 25.8 Å². The largest absolute Gasteiger partial charge is 0.368 e. The monoisotopic (exact) mass is 441 g/mol. The number of aromatic nitrogens is 4. The van der Waals surface area contributed by atoms with E-state index in [1.54, 1.807) is 12.3 Å². The number of nitrogen functional groups attached to an aromatic ring is 1. The van der Waals surface area contributed by atoms with Gasteiger partial charge in [0.25, 0.3) is 0 Å². The summed E-state index contributed by atoms with van der Waals surface area (Å²) in [5.41, 5.74) is 11.2. The lowest BCUT2D eigenvalue weighted by Gasteiger charge is -2.18. The van der Waals surface area contributed by atoms with Gasteiger partial charge in [-0.15, -0.1) is 0 Å². The number of carbonyl (C=O) groups is 1. The van der Waals surface area contributed by atoms with Crippen molar-refractivity contribution in [2.24, 2.45) is 0 Å². The smallest absolute Gasteiger partial charge is 0.323 e. The third kappa shape index (κ3) is 5.17. The number of carbonyl (C=O) groups excluding carboxylic acids is 1. The zero-order chi connectivity index (χ0) is 23.6. The van der Waals surface area contributed by atoms with Crippen molar-refractivity contribution in [2.75, 3.05) is 16.4 Å². The van der Waals surface area contributed by atoms with Crippen molar-refractivity contribution < 1.29 is 4.79 Å². The molecule has 0 saturated carbocycles. The zero-order valence-electron chi connectivity index (χ0n) is 19.1. The van der Waals surface area contributed by atoms with Crippen molar-refractivity contribution in [3.05, 3.63) is 72.6 Å². The Bertz CT molecular complexity index is 1290. The van der Waals surface area contributed by atoms with Gasteiger partial charge in [-0.3, -0.25) is 4.68 Å². The maximum absolute atomic E-state index is 12.5. The Morgan fingerprint density at radius 1 is 1.00 bits per heavy atom. The van der Waals surface area contributed by atoms with Crippen LogP contribution in [0.2, 0.25) is 0 Å². The Hall–Kier alpha value is -4.20. The van der Waals surface area contributed by atoms with Crippen LogP contribution in [0.5, 0.6) is 0 Å². The number of aryl methyl sites for hydroxylation is 1. The van der Waals surface area contributed by atoms with Gasteiger partial charge in [-0.25, -0.2) is 14.8 Å². The lowest BCUT2D eigenvalue weighted by atomic mass is 10.0. The minimum absolute atomic E-state index is 0.187. The van der Waals surface area contributed by atoms with Gasteiger partial charge in [0.15, 0.2) is 0 Å². The predicted octanol–water partition coefficient (Wildman–Crippen LogP) is 5.30. The van der Waals surface area contributed by atoms with Crippen LogP contribution < -0.4 is 16.4 Å². The number of urea groups is 1. The summed E-state index contributed by atoms with van der Waals surface area (Å²) in [6.45, 7) is 8.24. The first kappa shape index (κ1) is 22.0. The molecule has 0 saturated heterocycles. The van der Waals surface area contributed by atoms with Crippen molar-refractivity contribution in [3.63, 3.8) is 0 Å². The van der Waals surface area contributed by atoms with E-state index in [0.29, 0.717) is 17.1 Å². The van der Waals surface area contributed by atoms with E-state index in [2.05, 4.69) is 41.4 Å². The average Bonchev–Trinajstić information content (AvgIpc) is 3.22. The molecule has 8 nitrogen and oxygen atoms in total. The molecule has 0 aliphatic heterocycles. The highest BCUT2D eigenvalue weighted by molar-refractivity contribution is 6.00. The van der Waals surface area contributed by atoms with Gasteiger partial charge < -0.3 is 16.4 Å². The molecule has 0 aliphatic carbocycles. The fourth-order valence-corrected chi connectivity index (χ4v) is 3.32. The first-order valence-electron chi connectivity index (χ1n) is 10.6. The highest BCUT2D eigenvalue weighted by Gasteiger charge is 2.21. The number of hydrogen-bond acceptors (Lipinski definition) is 5. The van der Waals surface area contributed by atoms with Gasteiger partial charge in [0.2, 0.25) is 5.95 Å².